The molecule has 0 saturated carbocycles. The molecule has 0 atom stereocenters. The van der Waals surface area contributed by atoms with Gasteiger partial charge in [0.2, 0.25) is 0 Å². The molecule has 0 spiro atoms. The highest BCUT2D eigenvalue weighted by atomic mass is 16.5. The summed E-state index contributed by atoms with van der Waals surface area (Å²) >= 11 is 0. The number of nitriles is 1. The fraction of sp³-hybridized carbons (Fsp3) is 0.474. The molecule has 5 heteroatoms. The number of nitrogens with zero attached hydrogens (tertiary/aromatic N) is 3. The van der Waals surface area contributed by atoms with Gasteiger partial charge in [-0.15, -0.1) is 0 Å². The molecule has 2 aromatic rings. The van der Waals surface area contributed by atoms with E-state index in [4.69, 9.17) is 14.7 Å². The Balaban J connectivity index is 1.72. The molecule has 0 N–H and O–H groups in total. The number of pyridine rings is 1. The average molecular weight is 325 g/mol. The lowest BCUT2D eigenvalue weighted by atomic mass is 10.1. The Labute approximate surface area is 142 Å². The van der Waals surface area contributed by atoms with Gasteiger partial charge in [-0.05, 0) is 51.4 Å². The minimum atomic E-state index is 0.587. The molecule has 0 bridgehead atoms. The first-order chi connectivity index (χ1) is 11.7. The number of benzene rings is 1. The molecule has 1 aromatic carbocycles. The quantitative estimate of drug-likeness (QED) is 0.763. The van der Waals surface area contributed by atoms with Crippen LogP contribution in [0, 0.1) is 18.3 Å². The van der Waals surface area contributed by atoms with Crippen molar-refractivity contribution in [1.29, 1.82) is 5.26 Å². The highest BCUT2D eigenvalue weighted by Gasteiger charge is 2.12. The van der Waals surface area contributed by atoms with Gasteiger partial charge in [-0.2, -0.15) is 5.26 Å². The maximum atomic E-state index is 9.14. The van der Waals surface area contributed by atoms with Crippen molar-refractivity contribution in [2.24, 2.45) is 0 Å². The van der Waals surface area contributed by atoms with Crippen molar-refractivity contribution in [3.63, 3.8) is 0 Å². The van der Waals surface area contributed by atoms with Crippen molar-refractivity contribution < 1.29 is 9.47 Å². The maximum Gasteiger partial charge on any atom is 0.163 e. The third-order valence-corrected chi connectivity index (χ3v) is 4.49. The van der Waals surface area contributed by atoms with Crippen molar-refractivity contribution in [1.82, 2.24) is 9.88 Å². The van der Waals surface area contributed by atoms with Crippen LogP contribution in [0.5, 0.6) is 11.5 Å². The van der Waals surface area contributed by atoms with Crippen LogP contribution < -0.4 is 9.47 Å². The number of hydrogen-bond acceptors (Lipinski definition) is 5. The Bertz CT molecular complexity index is 761. The SMILES string of the molecule is COc1cc2cc(C#N)c(C)nc2cc1OCCCN1CCCC1. The zero-order chi connectivity index (χ0) is 16.9. The summed E-state index contributed by atoms with van der Waals surface area (Å²) in [6.07, 6.45) is 3.63. The Hall–Kier alpha value is -2.32. The number of methoxy groups -OCH3 is 1. The van der Waals surface area contributed by atoms with Crippen molar-refractivity contribution >= 4 is 10.9 Å². The van der Waals surface area contributed by atoms with Gasteiger partial charge in [-0.1, -0.05) is 0 Å². The zero-order valence-corrected chi connectivity index (χ0v) is 14.3. The van der Waals surface area contributed by atoms with Crippen LogP contribution in [-0.2, 0) is 0 Å². The summed E-state index contributed by atoms with van der Waals surface area (Å²) in [6, 6.07) is 7.80. The Morgan fingerprint density at radius 1 is 1.21 bits per heavy atom. The summed E-state index contributed by atoms with van der Waals surface area (Å²) in [7, 11) is 1.63. The lowest BCUT2D eigenvalue weighted by Crippen LogP contribution is -2.21. The second-order valence-electron chi connectivity index (χ2n) is 6.18. The Morgan fingerprint density at radius 3 is 2.71 bits per heavy atom. The minimum absolute atomic E-state index is 0.587. The minimum Gasteiger partial charge on any atom is -0.493 e. The number of rotatable bonds is 6. The lowest BCUT2D eigenvalue weighted by molar-refractivity contribution is 0.254. The molecule has 2 heterocycles. The second-order valence-corrected chi connectivity index (χ2v) is 6.18. The molecule has 1 aliphatic heterocycles. The van der Waals surface area contributed by atoms with Gasteiger partial charge in [-0.3, -0.25) is 4.98 Å². The number of aryl methyl sites for hydroxylation is 1. The number of likely N-dealkylation sites (tertiary alicyclic amines) is 1. The number of fused-ring (bicyclic) bond motifs is 1. The van der Waals surface area contributed by atoms with Gasteiger partial charge < -0.3 is 14.4 Å². The molecule has 1 saturated heterocycles. The van der Waals surface area contributed by atoms with Gasteiger partial charge >= 0.3 is 0 Å². The van der Waals surface area contributed by atoms with Gasteiger partial charge in [0.25, 0.3) is 0 Å². The lowest BCUT2D eigenvalue weighted by Gasteiger charge is -2.16. The normalized spacial score (nSPS) is 14.7. The van der Waals surface area contributed by atoms with Crippen LogP contribution in [0.4, 0.5) is 0 Å². The van der Waals surface area contributed by atoms with Gasteiger partial charge in [0.05, 0.1) is 30.5 Å². The fourth-order valence-corrected chi connectivity index (χ4v) is 3.14. The molecule has 0 radical (unpaired) electrons. The fourth-order valence-electron chi connectivity index (χ4n) is 3.14. The summed E-state index contributed by atoms with van der Waals surface area (Å²) in [5.74, 6) is 1.39. The van der Waals surface area contributed by atoms with Crippen LogP contribution in [0.15, 0.2) is 18.2 Å². The second kappa shape index (κ2) is 7.50. The van der Waals surface area contributed by atoms with Crippen LogP contribution in [0.2, 0.25) is 0 Å². The van der Waals surface area contributed by atoms with E-state index in [-0.39, 0.29) is 0 Å². The van der Waals surface area contributed by atoms with Crippen molar-refractivity contribution in [3.8, 4) is 17.6 Å². The first-order valence-corrected chi connectivity index (χ1v) is 8.46. The monoisotopic (exact) mass is 325 g/mol. The predicted molar refractivity (Wildman–Crippen MR) is 93.5 cm³/mol. The van der Waals surface area contributed by atoms with Crippen LogP contribution in [0.3, 0.4) is 0 Å². The van der Waals surface area contributed by atoms with E-state index in [9.17, 15) is 0 Å². The molecule has 24 heavy (non-hydrogen) atoms. The van der Waals surface area contributed by atoms with Gasteiger partial charge in [0.15, 0.2) is 11.5 Å². The maximum absolute atomic E-state index is 9.14. The third kappa shape index (κ3) is 3.60. The summed E-state index contributed by atoms with van der Waals surface area (Å²) < 4.78 is 11.4. The molecular weight excluding hydrogens is 302 g/mol. The van der Waals surface area contributed by atoms with E-state index in [1.54, 1.807) is 7.11 Å². The molecule has 0 aliphatic carbocycles. The molecule has 3 rings (SSSR count). The van der Waals surface area contributed by atoms with Crippen LogP contribution >= 0.6 is 0 Å². The number of aromatic nitrogens is 1. The molecule has 1 aromatic heterocycles. The largest absolute Gasteiger partial charge is 0.493 e. The van der Waals surface area contributed by atoms with E-state index in [1.165, 1.54) is 25.9 Å². The Morgan fingerprint density at radius 2 is 2.00 bits per heavy atom. The van der Waals surface area contributed by atoms with Crippen molar-refractivity contribution in [2.75, 3.05) is 33.4 Å². The average Bonchev–Trinajstić information content (AvgIpc) is 3.11. The molecule has 126 valence electrons. The smallest absolute Gasteiger partial charge is 0.163 e. The van der Waals surface area contributed by atoms with Gasteiger partial charge in [0.1, 0.15) is 6.07 Å². The van der Waals surface area contributed by atoms with Crippen LogP contribution in [0.1, 0.15) is 30.5 Å². The number of hydrogen-bond donors (Lipinski definition) is 0. The first kappa shape index (κ1) is 16.5. The van der Waals surface area contributed by atoms with Crippen LogP contribution in [-0.4, -0.2) is 43.2 Å². The van der Waals surface area contributed by atoms with E-state index < -0.39 is 0 Å². The highest BCUT2D eigenvalue weighted by molar-refractivity contribution is 5.84. The number of ether oxygens (including phenoxy) is 2. The van der Waals surface area contributed by atoms with Crippen molar-refractivity contribution in [3.05, 3.63) is 29.5 Å². The Kier molecular flexibility index (Phi) is 5.17. The van der Waals surface area contributed by atoms with Gasteiger partial charge in [0, 0.05) is 18.0 Å². The molecule has 1 aliphatic rings. The van der Waals surface area contributed by atoms with Gasteiger partial charge in [-0.25, -0.2) is 0 Å². The van der Waals surface area contributed by atoms with E-state index in [1.807, 2.05) is 25.1 Å². The molecule has 0 amide bonds. The summed E-state index contributed by atoms with van der Waals surface area (Å²) in [5.41, 5.74) is 2.14. The first-order valence-electron chi connectivity index (χ1n) is 8.46. The standard InChI is InChI=1S/C19H23N3O2/c1-14-16(13-20)10-15-11-18(23-2)19(12-17(15)21-14)24-9-5-8-22-6-3-4-7-22/h10-12H,3-9H2,1-2H3. The summed E-state index contributed by atoms with van der Waals surface area (Å²) in [5, 5.41) is 10.0. The molecule has 5 nitrogen and oxygen atoms in total. The van der Waals surface area contributed by atoms with Crippen LogP contribution in [0.25, 0.3) is 10.9 Å². The zero-order valence-electron chi connectivity index (χ0n) is 14.3. The summed E-state index contributed by atoms with van der Waals surface area (Å²) in [6.45, 7) is 6.01. The molecule has 0 unspecified atom stereocenters. The summed E-state index contributed by atoms with van der Waals surface area (Å²) in [4.78, 5) is 6.99. The van der Waals surface area contributed by atoms with E-state index >= 15 is 0 Å². The highest BCUT2D eigenvalue weighted by Crippen LogP contribution is 2.32. The molecule has 1 fully saturated rings. The predicted octanol–water partition coefficient (Wildman–Crippen LogP) is 3.29. The van der Waals surface area contributed by atoms with E-state index in [0.717, 1.165) is 29.6 Å². The van der Waals surface area contributed by atoms with Crippen molar-refractivity contribution in [2.45, 2.75) is 26.2 Å². The van der Waals surface area contributed by atoms with E-state index in [0.29, 0.717) is 23.7 Å². The third-order valence-electron chi connectivity index (χ3n) is 4.49. The topological polar surface area (TPSA) is 58.4 Å². The molecular formula is C19H23N3O2. The van der Waals surface area contributed by atoms with E-state index in [2.05, 4.69) is 16.0 Å².